The normalized spacial score (nSPS) is 12.5. The molecule has 0 aliphatic carbocycles. The van der Waals surface area contributed by atoms with E-state index in [0.717, 1.165) is 12.1 Å². The Hall–Kier alpha value is -2.68. The van der Waals surface area contributed by atoms with E-state index in [0.29, 0.717) is 0 Å². The quantitative estimate of drug-likeness (QED) is 0.799. The molecule has 0 aliphatic heterocycles. The van der Waals surface area contributed by atoms with Gasteiger partial charge in [-0.15, -0.1) is 0 Å². The number of urea groups is 1. The van der Waals surface area contributed by atoms with Gasteiger partial charge >= 0.3 is 12.2 Å². The third-order valence-corrected chi connectivity index (χ3v) is 2.94. The maximum absolute atomic E-state index is 12.7. The standard InChI is InChI=1S/C15H15F3N4O2/c1-9(23)6-21-14(24)22-13-8-19-12(7-20-13)10-3-2-4-11(5-10)15(16,17)18/h2-5,7-9,23H,6H2,1H3,(H2,20,21,22,24)/t9-/m0/s1. The second-order valence-electron chi connectivity index (χ2n) is 5.05. The van der Waals surface area contributed by atoms with Crippen LogP contribution in [0.25, 0.3) is 11.3 Å². The molecule has 0 unspecified atom stereocenters. The lowest BCUT2D eigenvalue weighted by Crippen LogP contribution is -2.34. The SMILES string of the molecule is C[C@H](O)CNC(=O)Nc1cnc(-c2cccc(C(F)(F)F)c2)cn1. The van der Waals surface area contributed by atoms with Crippen molar-refractivity contribution in [3.63, 3.8) is 0 Å². The van der Waals surface area contributed by atoms with Crippen LogP contribution in [-0.2, 0) is 6.18 Å². The van der Waals surface area contributed by atoms with E-state index in [4.69, 9.17) is 5.11 Å². The summed E-state index contributed by atoms with van der Waals surface area (Å²) in [7, 11) is 0. The summed E-state index contributed by atoms with van der Waals surface area (Å²) in [6.45, 7) is 1.59. The Morgan fingerprint density at radius 3 is 2.62 bits per heavy atom. The number of hydrogen-bond donors (Lipinski definition) is 3. The van der Waals surface area contributed by atoms with E-state index in [9.17, 15) is 18.0 Å². The van der Waals surface area contributed by atoms with E-state index < -0.39 is 23.9 Å². The van der Waals surface area contributed by atoms with Gasteiger partial charge in [-0.3, -0.25) is 10.3 Å². The van der Waals surface area contributed by atoms with Crippen LogP contribution >= 0.6 is 0 Å². The maximum Gasteiger partial charge on any atom is 0.416 e. The highest BCUT2D eigenvalue weighted by atomic mass is 19.4. The minimum absolute atomic E-state index is 0.0710. The van der Waals surface area contributed by atoms with Crippen molar-refractivity contribution >= 4 is 11.8 Å². The van der Waals surface area contributed by atoms with Gasteiger partial charge in [-0.1, -0.05) is 12.1 Å². The summed E-state index contributed by atoms with van der Waals surface area (Å²) in [4.78, 5) is 19.4. The number of aromatic nitrogens is 2. The summed E-state index contributed by atoms with van der Waals surface area (Å²) < 4.78 is 38.1. The molecule has 2 amide bonds. The van der Waals surface area contributed by atoms with E-state index in [1.54, 1.807) is 0 Å². The molecule has 1 atom stereocenters. The van der Waals surface area contributed by atoms with Gasteiger partial charge in [0, 0.05) is 12.1 Å². The number of aliphatic hydroxyl groups excluding tert-OH is 1. The first-order valence-corrected chi connectivity index (χ1v) is 6.98. The van der Waals surface area contributed by atoms with Crippen molar-refractivity contribution in [1.29, 1.82) is 0 Å². The first-order valence-electron chi connectivity index (χ1n) is 6.98. The zero-order valence-electron chi connectivity index (χ0n) is 12.6. The fourth-order valence-corrected chi connectivity index (χ4v) is 1.80. The molecule has 1 aromatic carbocycles. The predicted octanol–water partition coefficient (Wildman–Crippen LogP) is 2.66. The van der Waals surface area contributed by atoms with Gasteiger partial charge < -0.3 is 10.4 Å². The molecule has 0 fully saturated rings. The van der Waals surface area contributed by atoms with Crippen molar-refractivity contribution in [2.45, 2.75) is 19.2 Å². The predicted molar refractivity (Wildman–Crippen MR) is 81.2 cm³/mol. The first-order chi connectivity index (χ1) is 11.3. The highest BCUT2D eigenvalue weighted by molar-refractivity contribution is 5.88. The lowest BCUT2D eigenvalue weighted by atomic mass is 10.1. The van der Waals surface area contributed by atoms with Crippen molar-refractivity contribution in [2.24, 2.45) is 0 Å². The number of nitrogens with one attached hydrogen (secondary N) is 2. The van der Waals surface area contributed by atoms with Gasteiger partial charge in [0.25, 0.3) is 0 Å². The molecule has 6 nitrogen and oxygen atoms in total. The molecule has 0 bridgehead atoms. The lowest BCUT2D eigenvalue weighted by Gasteiger charge is -2.10. The Bertz CT molecular complexity index is 703. The van der Waals surface area contributed by atoms with Crippen LogP contribution in [0.1, 0.15) is 12.5 Å². The number of aliphatic hydroxyl groups is 1. The van der Waals surface area contributed by atoms with Crippen LogP contribution in [0.2, 0.25) is 0 Å². The first kappa shape index (κ1) is 17.7. The highest BCUT2D eigenvalue weighted by Gasteiger charge is 2.30. The van der Waals surface area contributed by atoms with Gasteiger partial charge in [-0.05, 0) is 19.1 Å². The number of alkyl halides is 3. The second-order valence-corrected chi connectivity index (χ2v) is 5.05. The lowest BCUT2D eigenvalue weighted by molar-refractivity contribution is -0.137. The summed E-state index contributed by atoms with van der Waals surface area (Å²) in [6.07, 6.45) is -2.63. The summed E-state index contributed by atoms with van der Waals surface area (Å²) in [5.74, 6) is 0.133. The van der Waals surface area contributed by atoms with Crippen LogP contribution < -0.4 is 10.6 Å². The minimum Gasteiger partial charge on any atom is -0.392 e. The molecule has 0 saturated heterocycles. The minimum atomic E-state index is -4.44. The average Bonchev–Trinajstić information content (AvgIpc) is 2.53. The van der Waals surface area contributed by atoms with Crippen LogP contribution in [0.5, 0.6) is 0 Å². The van der Waals surface area contributed by atoms with E-state index in [2.05, 4.69) is 20.6 Å². The molecule has 3 N–H and O–H groups in total. The number of benzene rings is 1. The summed E-state index contributed by atoms with van der Waals surface area (Å²) in [6, 6.07) is 4.15. The summed E-state index contributed by atoms with van der Waals surface area (Å²) in [5, 5.41) is 13.9. The van der Waals surface area contributed by atoms with Crippen LogP contribution in [0.3, 0.4) is 0 Å². The maximum atomic E-state index is 12.7. The molecular formula is C15H15F3N4O2. The fraction of sp³-hybridized carbons (Fsp3) is 0.267. The number of rotatable bonds is 4. The van der Waals surface area contributed by atoms with Gasteiger partial charge in [0.15, 0.2) is 5.82 Å². The van der Waals surface area contributed by atoms with Gasteiger partial charge in [-0.25, -0.2) is 9.78 Å². The molecule has 128 valence electrons. The van der Waals surface area contributed by atoms with Gasteiger partial charge in [0.1, 0.15) is 0 Å². The number of halogens is 3. The van der Waals surface area contributed by atoms with Crippen molar-refractivity contribution in [3.8, 4) is 11.3 Å². The van der Waals surface area contributed by atoms with Gasteiger partial charge in [0.2, 0.25) is 0 Å². The average molecular weight is 340 g/mol. The Kier molecular flexibility index (Phi) is 5.35. The Balaban J connectivity index is 2.08. The molecule has 0 saturated carbocycles. The Labute approximate surface area is 135 Å². The zero-order valence-corrected chi connectivity index (χ0v) is 12.6. The Morgan fingerprint density at radius 1 is 1.29 bits per heavy atom. The molecule has 1 heterocycles. The largest absolute Gasteiger partial charge is 0.416 e. The van der Waals surface area contributed by atoms with Crippen LogP contribution in [0.15, 0.2) is 36.7 Å². The summed E-state index contributed by atoms with van der Waals surface area (Å²) in [5.41, 5.74) is -0.264. The highest BCUT2D eigenvalue weighted by Crippen LogP contribution is 2.31. The zero-order chi connectivity index (χ0) is 17.7. The molecule has 0 radical (unpaired) electrons. The number of nitrogens with zero attached hydrogens (tertiary/aromatic N) is 2. The smallest absolute Gasteiger partial charge is 0.392 e. The fourth-order valence-electron chi connectivity index (χ4n) is 1.80. The van der Waals surface area contributed by atoms with Crippen molar-refractivity contribution in [1.82, 2.24) is 15.3 Å². The molecule has 0 aliphatic rings. The Morgan fingerprint density at radius 2 is 2.04 bits per heavy atom. The number of hydrogen-bond acceptors (Lipinski definition) is 4. The molecule has 2 rings (SSSR count). The third-order valence-electron chi connectivity index (χ3n) is 2.94. The molecule has 1 aromatic heterocycles. The van der Waals surface area contributed by atoms with E-state index in [1.165, 1.54) is 31.5 Å². The van der Waals surface area contributed by atoms with E-state index in [-0.39, 0.29) is 23.6 Å². The topological polar surface area (TPSA) is 87.1 Å². The van der Waals surface area contributed by atoms with Crippen molar-refractivity contribution in [2.75, 3.05) is 11.9 Å². The third kappa shape index (κ3) is 4.92. The van der Waals surface area contributed by atoms with Gasteiger partial charge in [0.05, 0.1) is 29.8 Å². The summed E-state index contributed by atoms with van der Waals surface area (Å²) >= 11 is 0. The second kappa shape index (κ2) is 7.26. The van der Waals surface area contributed by atoms with Crippen LogP contribution in [0.4, 0.5) is 23.8 Å². The number of amides is 2. The number of carbonyl (C=O) groups excluding carboxylic acids is 1. The number of carbonyl (C=O) groups is 1. The number of anilines is 1. The molecular weight excluding hydrogens is 325 g/mol. The van der Waals surface area contributed by atoms with E-state index >= 15 is 0 Å². The van der Waals surface area contributed by atoms with Crippen molar-refractivity contribution < 1.29 is 23.1 Å². The van der Waals surface area contributed by atoms with E-state index in [1.807, 2.05) is 0 Å². The van der Waals surface area contributed by atoms with Crippen molar-refractivity contribution in [3.05, 3.63) is 42.2 Å². The van der Waals surface area contributed by atoms with Crippen LogP contribution in [-0.4, -0.2) is 33.8 Å². The monoisotopic (exact) mass is 340 g/mol. The molecule has 0 spiro atoms. The molecule has 9 heteroatoms. The molecule has 2 aromatic rings. The molecule has 24 heavy (non-hydrogen) atoms. The van der Waals surface area contributed by atoms with Gasteiger partial charge in [-0.2, -0.15) is 13.2 Å². The van der Waals surface area contributed by atoms with Crippen LogP contribution in [0, 0.1) is 0 Å².